The summed E-state index contributed by atoms with van der Waals surface area (Å²) in [6, 6.07) is 11.4. The molecular formula is C21H19N3O4S. The molecule has 8 heteroatoms. The molecule has 7 nitrogen and oxygen atoms in total. The summed E-state index contributed by atoms with van der Waals surface area (Å²) >= 11 is 1.28. The lowest BCUT2D eigenvalue weighted by Gasteiger charge is -2.12. The Kier molecular flexibility index (Phi) is 4.94. The Morgan fingerprint density at radius 3 is 2.21 bits per heavy atom. The van der Waals surface area contributed by atoms with Crippen molar-refractivity contribution in [3.63, 3.8) is 0 Å². The van der Waals surface area contributed by atoms with E-state index < -0.39 is 0 Å². The second-order valence-electron chi connectivity index (χ2n) is 6.38. The van der Waals surface area contributed by atoms with Crippen LogP contribution in [0.1, 0.15) is 11.1 Å². The van der Waals surface area contributed by atoms with E-state index in [1.807, 2.05) is 31.2 Å². The standard InChI is InChI=1S/C21H19N3O4S/c1-12-5-7-14(8-6-12)19-22-23-21-24(19)20(25)17(29-21)11-13-9-15(26-2)18(28-4)16(10-13)27-3/h5-11H,1-4H3. The second-order valence-corrected chi connectivity index (χ2v) is 7.39. The molecule has 0 spiro atoms. The van der Waals surface area contributed by atoms with E-state index in [0.29, 0.717) is 32.6 Å². The molecule has 0 aliphatic heterocycles. The Bertz CT molecular complexity index is 1270. The van der Waals surface area contributed by atoms with Crippen LogP contribution in [0.3, 0.4) is 0 Å². The maximum absolute atomic E-state index is 13.1. The predicted molar refractivity (Wildman–Crippen MR) is 112 cm³/mol. The van der Waals surface area contributed by atoms with E-state index in [9.17, 15) is 4.79 Å². The number of aromatic nitrogens is 3. The minimum Gasteiger partial charge on any atom is -0.493 e. The molecule has 0 aliphatic carbocycles. The lowest BCUT2D eigenvalue weighted by molar-refractivity contribution is 0.324. The van der Waals surface area contributed by atoms with Crippen LogP contribution in [0.2, 0.25) is 0 Å². The topological polar surface area (TPSA) is 75.0 Å². The van der Waals surface area contributed by atoms with Crippen molar-refractivity contribution in [1.29, 1.82) is 0 Å². The molecule has 148 valence electrons. The van der Waals surface area contributed by atoms with Crippen molar-refractivity contribution >= 4 is 22.4 Å². The number of ether oxygens (including phenoxy) is 3. The maximum Gasteiger partial charge on any atom is 0.276 e. The Morgan fingerprint density at radius 2 is 1.62 bits per heavy atom. The largest absolute Gasteiger partial charge is 0.493 e. The highest BCUT2D eigenvalue weighted by Crippen LogP contribution is 2.38. The lowest BCUT2D eigenvalue weighted by Crippen LogP contribution is -2.23. The molecular weight excluding hydrogens is 390 g/mol. The first-order valence-electron chi connectivity index (χ1n) is 8.82. The predicted octanol–water partition coefficient (Wildman–Crippen LogP) is 2.70. The molecule has 0 N–H and O–H groups in total. The summed E-state index contributed by atoms with van der Waals surface area (Å²) in [5.41, 5.74) is 2.57. The van der Waals surface area contributed by atoms with Gasteiger partial charge in [-0.1, -0.05) is 41.2 Å². The Morgan fingerprint density at radius 1 is 0.966 bits per heavy atom. The SMILES string of the molecule is COc1cc(C=c2sc3nnc(-c4ccc(C)cc4)n3c2=O)cc(OC)c1OC. The van der Waals surface area contributed by atoms with Crippen LogP contribution in [0.4, 0.5) is 0 Å². The van der Waals surface area contributed by atoms with Crippen LogP contribution in [0, 0.1) is 6.92 Å². The molecule has 2 aromatic heterocycles. The number of methoxy groups -OCH3 is 3. The minimum absolute atomic E-state index is 0.167. The van der Waals surface area contributed by atoms with E-state index in [4.69, 9.17) is 14.2 Å². The second kappa shape index (κ2) is 7.56. The molecule has 0 fully saturated rings. The van der Waals surface area contributed by atoms with E-state index in [-0.39, 0.29) is 5.56 Å². The summed E-state index contributed by atoms with van der Waals surface area (Å²) in [4.78, 5) is 13.6. The van der Waals surface area contributed by atoms with Gasteiger partial charge in [0.2, 0.25) is 10.7 Å². The highest BCUT2D eigenvalue weighted by atomic mass is 32.1. The minimum atomic E-state index is -0.167. The van der Waals surface area contributed by atoms with Crippen molar-refractivity contribution in [2.75, 3.05) is 21.3 Å². The first kappa shape index (κ1) is 18.9. The van der Waals surface area contributed by atoms with Gasteiger partial charge in [0.1, 0.15) is 0 Å². The summed E-state index contributed by atoms with van der Waals surface area (Å²) in [6.45, 7) is 2.01. The van der Waals surface area contributed by atoms with Gasteiger partial charge in [-0.05, 0) is 30.7 Å². The van der Waals surface area contributed by atoms with E-state index >= 15 is 0 Å². The normalized spacial score (nSPS) is 11.8. The van der Waals surface area contributed by atoms with Crippen LogP contribution in [0.15, 0.2) is 41.2 Å². The van der Waals surface area contributed by atoms with Crippen molar-refractivity contribution < 1.29 is 14.2 Å². The zero-order valence-electron chi connectivity index (χ0n) is 16.4. The monoisotopic (exact) mass is 409 g/mol. The van der Waals surface area contributed by atoms with Crippen molar-refractivity contribution in [3.05, 3.63) is 62.4 Å². The molecule has 0 saturated carbocycles. The third-order valence-electron chi connectivity index (χ3n) is 4.54. The number of nitrogens with zero attached hydrogens (tertiary/aromatic N) is 3. The third kappa shape index (κ3) is 3.31. The van der Waals surface area contributed by atoms with Gasteiger partial charge in [0.05, 0.1) is 25.9 Å². The molecule has 2 aromatic carbocycles. The van der Waals surface area contributed by atoms with Gasteiger partial charge in [-0.25, -0.2) is 4.40 Å². The highest BCUT2D eigenvalue weighted by molar-refractivity contribution is 7.15. The summed E-state index contributed by atoms with van der Waals surface area (Å²) in [6.07, 6.45) is 1.78. The van der Waals surface area contributed by atoms with Gasteiger partial charge in [0, 0.05) is 5.56 Å². The number of hydrogen-bond donors (Lipinski definition) is 0. The van der Waals surface area contributed by atoms with Crippen molar-refractivity contribution in [2.24, 2.45) is 0 Å². The van der Waals surface area contributed by atoms with Crippen molar-refractivity contribution in [2.45, 2.75) is 6.92 Å². The summed E-state index contributed by atoms with van der Waals surface area (Å²) in [7, 11) is 4.66. The molecule has 0 saturated heterocycles. The number of hydrogen-bond acceptors (Lipinski definition) is 7. The highest BCUT2D eigenvalue weighted by Gasteiger charge is 2.15. The lowest BCUT2D eigenvalue weighted by atomic mass is 10.1. The molecule has 0 atom stereocenters. The van der Waals surface area contributed by atoms with Gasteiger partial charge < -0.3 is 14.2 Å². The fourth-order valence-electron chi connectivity index (χ4n) is 3.09. The molecule has 0 aliphatic rings. The first-order valence-corrected chi connectivity index (χ1v) is 9.64. The Labute approximate surface area is 170 Å². The number of rotatable bonds is 5. The van der Waals surface area contributed by atoms with Crippen LogP contribution < -0.4 is 24.3 Å². The van der Waals surface area contributed by atoms with Gasteiger partial charge in [-0.3, -0.25) is 4.79 Å². The zero-order chi connectivity index (χ0) is 20.5. The number of benzene rings is 2. The molecule has 0 bridgehead atoms. The van der Waals surface area contributed by atoms with Crippen LogP contribution in [0.25, 0.3) is 22.4 Å². The summed E-state index contributed by atoms with van der Waals surface area (Å²) in [5.74, 6) is 2.08. The molecule has 4 rings (SSSR count). The average molecular weight is 409 g/mol. The molecule has 4 aromatic rings. The fourth-order valence-corrected chi connectivity index (χ4v) is 4.00. The third-order valence-corrected chi connectivity index (χ3v) is 5.50. The van der Waals surface area contributed by atoms with Crippen molar-refractivity contribution in [3.8, 4) is 28.6 Å². The summed E-state index contributed by atoms with van der Waals surface area (Å²) in [5, 5.41) is 8.37. The average Bonchev–Trinajstić information content (AvgIpc) is 3.28. The molecule has 0 amide bonds. The van der Waals surface area contributed by atoms with E-state index in [1.165, 1.54) is 11.3 Å². The van der Waals surface area contributed by atoms with E-state index in [1.54, 1.807) is 43.9 Å². The zero-order valence-corrected chi connectivity index (χ0v) is 17.2. The number of thiazole rings is 1. The van der Waals surface area contributed by atoms with Crippen LogP contribution >= 0.6 is 11.3 Å². The molecule has 2 heterocycles. The van der Waals surface area contributed by atoms with E-state index in [2.05, 4.69) is 10.2 Å². The Hall–Kier alpha value is -3.39. The smallest absolute Gasteiger partial charge is 0.276 e. The quantitative estimate of drug-likeness (QED) is 0.505. The van der Waals surface area contributed by atoms with Crippen LogP contribution in [-0.4, -0.2) is 35.9 Å². The first-order chi connectivity index (χ1) is 14.0. The van der Waals surface area contributed by atoms with E-state index in [0.717, 1.165) is 16.7 Å². The Balaban J connectivity index is 1.87. The number of aryl methyl sites for hydroxylation is 1. The molecule has 0 unspecified atom stereocenters. The summed E-state index contributed by atoms with van der Waals surface area (Å²) < 4.78 is 18.2. The number of fused-ring (bicyclic) bond motifs is 1. The maximum atomic E-state index is 13.1. The van der Waals surface area contributed by atoms with Gasteiger partial charge in [0.15, 0.2) is 17.3 Å². The van der Waals surface area contributed by atoms with Crippen LogP contribution in [-0.2, 0) is 0 Å². The molecule has 0 radical (unpaired) electrons. The van der Waals surface area contributed by atoms with Gasteiger partial charge in [-0.15, -0.1) is 10.2 Å². The fraction of sp³-hybridized carbons (Fsp3) is 0.190. The van der Waals surface area contributed by atoms with Crippen LogP contribution in [0.5, 0.6) is 17.2 Å². The van der Waals surface area contributed by atoms with Gasteiger partial charge in [-0.2, -0.15) is 0 Å². The van der Waals surface area contributed by atoms with Gasteiger partial charge in [0.25, 0.3) is 5.56 Å². The van der Waals surface area contributed by atoms with Crippen molar-refractivity contribution in [1.82, 2.24) is 14.6 Å². The van der Waals surface area contributed by atoms with Gasteiger partial charge >= 0.3 is 0 Å². The molecule has 29 heavy (non-hydrogen) atoms.